The first-order valence-corrected chi connectivity index (χ1v) is 7.47. The van der Waals surface area contributed by atoms with Gasteiger partial charge in [-0.05, 0) is 12.1 Å². The van der Waals surface area contributed by atoms with Gasteiger partial charge in [0, 0.05) is 17.6 Å². The number of benzene rings is 1. The molecule has 0 amide bonds. The second-order valence-corrected chi connectivity index (χ2v) is 5.45. The Morgan fingerprint density at radius 3 is 3.04 bits per heavy atom. The van der Waals surface area contributed by atoms with E-state index in [-0.39, 0.29) is 29.2 Å². The van der Waals surface area contributed by atoms with Gasteiger partial charge in [-0.3, -0.25) is 9.20 Å². The number of hydrogen-bond donors (Lipinski definition) is 1. The average Bonchev–Trinajstić information content (AvgIpc) is 3.02. The van der Waals surface area contributed by atoms with E-state index in [4.69, 9.17) is 9.47 Å². The van der Waals surface area contributed by atoms with Crippen LogP contribution >= 0.6 is 11.3 Å². The summed E-state index contributed by atoms with van der Waals surface area (Å²) in [5.41, 5.74) is 0.0815. The second-order valence-electron chi connectivity index (χ2n) is 4.57. The number of carbonyl (C=O) groups is 1. The SMILES string of the molecule is COc1cccc(C(=O)OCc2cc(=O)n3ccsc3n2)c1O. The van der Waals surface area contributed by atoms with Crippen LogP contribution in [0.3, 0.4) is 0 Å². The van der Waals surface area contributed by atoms with Crippen molar-refractivity contribution in [2.75, 3.05) is 7.11 Å². The number of methoxy groups -OCH3 is 1. The van der Waals surface area contributed by atoms with E-state index in [0.717, 1.165) is 0 Å². The van der Waals surface area contributed by atoms with Crippen LogP contribution in [0.15, 0.2) is 40.6 Å². The van der Waals surface area contributed by atoms with E-state index in [1.807, 2.05) is 0 Å². The van der Waals surface area contributed by atoms with Crippen molar-refractivity contribution >= 4 is 22.3 Å². The predicted molar refractivity (Wildman–Crippen MR) is 83.1 cm³/mol. The molecule has 1 N–H and O–H groups in total. The highest BCUT2D eigenvalue weighted by atomic mass is 32.1. The summed E-state index contributed by atoms with van der Waals surface area (Å²) in [7, 11) is 1.39. The summed E-state index contributed by atoms with van der Waals surface area (Å²) in [6.07, 6.45) is 1.62. The van der Waals surface area contributed by atoms with Crippen molar-refractivity contribution in [1.29, 1.82) is 0 Å². The molecule has 23 heavy (non-hydrogen) atoms. The smallest absolute Gasteiger partial charge is 0.342 e. The van der Waals surface area contributed by atoms with Crippen molar-refractivity contribution in [3.8, 4) is 11.5 Å². The van der Waals surface area contributed by atoms with Gasteiger partial charge in [0.05, 0.1) is 12.8 Å². The molecule has 1 aromatic carbocycles. The maximum atomic E-state index is 12.1. The van der Waals surface area contributed by atoms with Crippen molar-refractivity contribution in [3.05, 3.63) is 57.5 Å². The first-order chi connectivity index (χ1) is 11.1. The zero-order valence-corrected chi connectivity index (χ0v) is 12.9. The molecule has 7 nitrogen and oxygen atoms in total. The maximum Gasteiger partial charge on any atom is 0.342 e. The molecular weight excluding hydrogens is 320 g/mol. The van der Waals surface area contributed by atoms with Crippen LogP contribution in [0.4, 0.5) is 0 Å². The summed E-state index contributed by atoms with van der Waals surface area (Å²) in [5.74, 6) is -0.841. The Bertz CT molecular complexity index is 931. The number of fused-ring (bicyclic) bond motifs is 1. The molecule has 0 bridgehead atoms. The number of rotatable bonds is 4. The number of nitrogens with zero attached hydrogens (tertiary/aromatic N) is 2. The van der Waals surface area contributed by atoms with Gasteiger partial charge < -0.3 is 14.6 Å². The molecule has 118 valence electrons. The van der Waals surface area contributed by atoms with Crippen LogP contribution in [-0.2, 0) is 11.3 Å². The van der Waals surface area contributed by atoms with Crippen molar-refractivity contribution in [2.24, 2.45) is 0 Å². The number of phenols is 1. The van der Waals surface area contributed by atoms with Crippen LogP contribution in [0.25, 0.3) is 4.96 Å². The third kappa shape index (κ3) is 2.88. The number of hydrogen-bond acceptors (Lipinski definition) is 7. The molecule has 0 aliphatic heterocycles. The number of ether oxygens (including phenoxy) is 2. The standard InChI is InChI=1S/C15H12N2O5S/c1-21-11-4-2-3-10(13(11)19)14(20)22-8-9-7-12(18)17-5-6-23-15(17)16-9/h2-7,19H,8H2,1H3. The minimum Gasteiger partial charge on any atom is -0.504 e. The van der Waals surface area contributed by atoms with Crippen LogP contribution in [0.5, 0.6) is 11.5 Å². The highest BCUT2D eigenvalue weighted by Gasteiger charge is 2.16. The monoisotopic (exact) mass is 332 g/mol. The normalized spacial score (nSPS) is 10.7. The molecule has 2 heterocycles. The molecular formula is C15H12N2O5S. The lowest BCUT2D eigenvalue weighted by molar-refractivity contribution is 0.0464. The van der Waals surface area contributed by atoms with Gasteiger partial charge in [0.15, 0.2) is 16.5 Å². The van der Waals surface area contributed by atoms with E-state index >= 15 is 0 Å². The van der Waals surface area contributed by atoms with E-state index in [9.17, 15) is 14.7 Å². The topological polar surface area (TPSA) is 90.1 Å². The fourth-order valence-corrected chi connectivity index (χ4v) is 2.77. The number of aromatic hydroxyl groups is 1. The minimum atomic E-state index is -0.727. The highest BCUT2D eigenvalue weighted by Crippen LogP contribution is 2.29. The number of phenolic OH excluding ortho intramolecular Hbond substituents is 1. The van der Waals surface area contributed by atoms with Gasteiger partial charge in [-0.2, -0.15) is 0 Å². The third-order valence-corrected chi connectivity index (χ3v) is 3.90. The van der Waals surface area contributed by atoms with Crippen molar-refractivity contribution in [3.63, 3.8) is 0 Å². The molecule has 0 aliphatic rings. The van der Waals surface area contributed by atoms with E-state index in [1.165, 1.54) is 41.0 Å². The molecule has 3 aromatic rings. The van der Waals surface area contributed by atoms with Gasteiger partial charge in [-0.1, -0.05) is 6.07 Å². The Balaban J connectivity index is 1.79. The van der Waals surface area contributed by atoms with Gasteiger partial charge in [-0.15, -0.1) is 11.3 Å². The van der Waals surface area contributed by atoms with Gasteiger partial charge in [0.2, 0.25) is 0 Å². The predicted octanol–water partition coefficient (Wildman–Crippen LogP) is 1.83. The van der Waals surface area contributed by atoms with E-state index in [1.54, 1.807) is 17.6 Å². The quantitative estimate of drug-likeness (QED) is 0.733. The van der Waals surface area contributed by atoms with Gasteiger partial charge in [0.1, 0.15) is 12.2 Å². The van der Waals surface area contributed by atoms with E-state index in [0.29, 0.717) is 10.7 Å². The summed E-state index contributed by atoms with van der Waals surface area (Å²) in [6.45, 7) is -0.168. The summed E-state index contributed by atoms with van der Waals surface area (Å²) < 4.78 is 11.5. The minimum absolute atomic E-state index is 0.0155. The van der Waals surface area contributed by atoms with Crippen molar-refractivity contribution in [2.45, 2.75) is 6.61 Å². The Morgan fingerprint density at radius 2 is 2.26 bits per heavy atom. The molecule has 0 fully saturated rings. The van der Waals surface area contributed by atoms with Gasteiger partial charge in [0.25, 0.3) is 5.56 Å². The molecule has 0 unspecified atom stereocenters. The maximum absolute atomic E-state index is 12.1. The fourth-order valence-electron chi connectivity index (χ4n) is 2.03. The number of para-hydroxylation sites is 1. The Kier molecular flexibility index (Phi) is 3.98. The molecule has 0 saturated carbocycles. The summed E-state index contributed by atoms with van der Waals surface area (Å²) in [6, 6.07) is 5.82. The third-order valence-electron chi connectivity index (χ3n) is 3.15. The van der Waals surface area contributed by atoms with Crippen molar-refractivity contribution in [1.82, 2.24) is 9.38 Å². The molecule has 2 aromatic heterocycles. The van der Waals surface area contributed by atoms with Crippen LogP contribution < -0.4 is 10.3 Å². The Hall–Kier alpha value is -2.87. The fraction of sp³-hybridized carbons (Fsp3) is 0.133. The van der Waals surface area contributed by atoms with Crippen LogP contribution in [0, 0.1) is 0 Å². The number of aromatic nitrogens is 2. The van der Waals surface area contributed by atoms with Crippen molar-refractivity contribution < 1.29 is 19.4 Å². The first kappa shape index (κ1) is 15.0. The molecule has 0 radical (unpaired) electrons. The van der Waals surface area contributed by atoms with Gasteiger partial charge >= 0.3 is 5.97 Å². The lowest BCUT2D eigenvalue weighted by Crippen LogP contribution is -2.14. The number of carbonyl (C=O) groups excluding carboxylic acids is 1. The molecule has 0 spiro atoms. The first-order valence-electron chi connectivity index (χ1n) is 6.59. The molecule has 3 rings (SSSR count). The molecule has 0 atom stereocenters. The second kappa shape index (κ2) is 6.09. The van der Waals surface area contributed by atoms with Crippen LogP contribution in [-0.4, -0.2) is 27.6 Å². The summed E-state index contributed by atoms with van der Waals surface area (Å²) >= 11 is 1.31. The van der Waals surface area contributed by atoms with Crippen LogP contribution in [0.2, 0.25) is 0 Å². The molecule has 8 heteroatoms. The molecule has 0 saturated heterocycles. The Morgan fingerprint density at radius 1 is 1.43 bits per heavy atom. The lowest BCUT2D eigenvalue weighted by Gasteiger charge is -2.08. The zero-order valence-electron chi connectivity index (χ0n) is 12.1. The Labute approximate surface area is 134 Å². The van der Waals surface area contributed by atoms with Crippen LogP contribution in [0.1, 0.15) is 16.1 Å². The average molecular weight is 332 g/mol. The lowest BCUT2D eigenvalue weighted by atomic mass is 10.2. The number of esters is 1. The van der Waals surface area contributed by atoms with E-state index < -0.39 is 5.97 Å². The summed E-state index contributed by atoms with van der Waals surface area (Å²) in [4.78, 5) is 28.7. The van der Waals surface area contributed by atoms with Gasteiger partial charge in [-0.25, -0.2) is 9.78 Å². The zero-order chi connectivity index (χ0) is 16.4. The largest absolute Gasteiger partial charge is 0.504 e. The molecule has 0 aliphatic carbocycles. The van der Waals surface area contributed by atoms with E-state index in [2.05, 4.69) is 4.98 Å². The number of thiazole rings is 1. The highest BCUT2D eigenvalue weighted by molar-refractivity contribution is 7.15. The summed E-state index contributed by atoms with van der Waals surface area (Å²) in [5, 5.41) is 11.7.